The number of hydrogen-bond donors (Lipinski definition) is 1. The van der Waals surface area contributed by atoms with E-state index in [1.54, 1.807) is 18.2 Å². The minimum absolute atomic E-state index is 0.148. The molecule has 2 aromatic rings. The second-order valence-corrected chi connectivity index (χ2v) is 3.65. The number of carbonyl (C=O) groups is 2. The number of carbonyl (C=O) groups excluding carboxylic acids is 2. The highest BCUT2D eigenvalue weighted by molar-refractivity contribution is 6.31. The van der Waals surface area contributed by atoms with Gasteiger partial charge in [0.1, 0.15) is 5.69 Å². The number of hydrogen-bond acceptors (Lipinski definition) is 3. The molecule has 82 valence electrons. The van der Waals surface area contributed by atoms with E-state index >= 15 is 0 Å². The highest BCUT2D eigenvalue weighted by Crippen LogP contribution is 2.24. The third-order valence-corrected chi connectivity index (χ3v) is 2.54. The number of methoxy groups -OCH3 is 1. The number of esters is 1. The van der Waals surface area contributed by atoms with Gasteiger partial charge >= 0.3 is 5.97 Å². The predicted octanol–water partition coefficient (Wildman–Crippen LogP) is 2.42. The largest absolute Gasteiger partial charge is 0.464 e. The summed E-state index contributed by atoms with van der Waals surface area (Å²) < 4.78 is 4.58. The lowest BCUT2D eigenvalue weighted by molar-refractivity contribution is 0.0593. The van der Waals surface area contributed by atoms with E-state index in [0.717, 1.165) is 0 Å². The summed E-state index contributed by atoms with van der Waals surface area (Å²) in [5.74, 6) is -0.575. The summed E-state index contributed by atoms with van der Waals surface area (Å²) in [5, 5.41) is 1.18. The first-order valence-corrected chi connectivity index (χ1v) is 4.90. The van der Waals surface area contributed by atoms with Crippen molar-refractivity contribution in [3.63, 3.8) is 0 Å². The van der Waals surface area contributed by atoms with E-state index in [2.05, 4.69) is 9.72 Å². The first kappa shape index (κ1) is 10.7. The second kappa shape index (κ2) is 3.98. The van der Waals surface area contributed by atoms with Crippen LogP contribution in [0.5, 0.6) is 0 Å². The average Bonchev–Trinajstić information content (AvgIpc) is 2.65. The number of benzene rings is 1. The number of aromatic amines is 1. The summed E-state index contributed by atoms with van der Waals surface area (Å²) in [6.45, 7) is 0. The number of rotatable bonds is 2. The van der Waals surface area contributed by atoms with Gasteiger partial charge < -0.3 is 9.72 Å². The normalized spacial score (nSPS) is 10.4. The summed E-state index contributed by atoms with van der Waals surface area (Å²) in [6.07, 6.45) is 0.624. The van der Waals surface area contributed by atoms with Gasteiger partial charge in [-0.25, -0.2) is 4.79 Å². The Morgan fingerprint density at radius 3 is 2.88 bits per heavy atom. The van der Waals surface area contributed by atoms with Gasteiger partial charge in [0, 0.05) is 15.9 Å². The van der Waals surface area contributed by atoms with E-state index in [1.807, 2.05) is 0 Å². The molecule has 5 heteroatoms. The number of nitrogens with one attached hydrogen (secondary N) is 1. The Hall–Kier alpha value is -1.81. The molecular formula is C11H8ClNO3. The van der Waals surface area contributed by atoms with Crippen LogP contribution in [0, 0.1) is 0 Å². The highest BCUT2D eigenvalue weighted by Gasteiger charge is 2.17. The average molecular weight is 238 g/mol. The Bertz CT molecular complexity index is 574. The zero-order valence-corrected chi connectivity index (χ0v) is 9.17. The minimum atomic E-state index is -0.575. The monoisotopic (exact) mass is 237 g/mol. The van der Waals surface area contributed by atoms with E-state index in [1.165, 1.54) is 7.11 Å². The van der Waals surface area contributed by atoms with E-state index in [-0.39, 0.29) is 5.69 Å². The molecule has 0 atom stereocenters. The van der Waals surface area contributed by atoms with Gasteiger partial charge in [-0.2, -0.15) is 0 Å². The van der Waals surface area contributed by atoms with Gasteiger partial charge in [0.2, 0.25) is 0 Å². The summed E-state index contributed by atoms with van der Waals surface area (Å²) in [6, 6.07) is 4.99. The van der Waals surface area contributed by atoms with Gasteiger partial charge in [-0.3, -0.25) is 4.79 Å². The van der Waals surface area contributed by atoms with Crippen molar-refractivity contribution in [1.29, 1.82) is 0 Å². The number of halogens is 1. The van der Waals surface area contributed by atoms with Crippen molar-refractivity contribution in [2.45, 2.75) is 0 Å². The molecule has 2 rings (SSSR count). The van der Waals surface area contributed by atoms with Crippen LogP contribution in [-0.2, 0) is 4.74 Å². The maximum Gasteiger partial charge on any atom is 0.355 e. The number of H-pyrrole nitrogens is 1. The van der Waals surface area contributed by atoms with Gasteiger partial charge in [0.05, 0.1) is 12.7 Å². The summed E-state index contributed by atoms with van der Waals surface area (Å²) in [7, 11) is 1.26. The molecule has 0 aliphatic carbocycles. The molecule has 0 spiro atoms. The van der Waals surface area contributed by atoms with Crippen LogP contribution in [0.15, 0.2) is 18.2 Å². The van der Waals surface area contributed by atoms with Crippen molar-refractivity contribution < 1.29 is 14.3 Å². The van der Waals surface area contributed by atoms with E-state index < -0.39 is 5.97 Å². The molecule has 0 fully saturated rings. The fraction of sp³-hybridized carbons (Fsp3) is 0.0909. The zero-order valence-electron chi connectivity index (χ0n) is 8.41. The molecule has 0 unspecified atom stereocenters. The molecular weight excluding hydrogens is 230 g/mol. The molecule has 1 heterocycles. The third-order valence-electron chi connectivity index (χ3n) is 2.31. The van der Waals surface area contributed by atoms with Gasteiger partial charge in [0.25, 0.3) is 0 Å². The van der Waals surface area contributed by atoms with Crippen molar-refractivity contribution >= 4 is 34.8 Å². The van der Waals surface area contributed by atoms with Crippen LogP contribution in [0.4, 0.5) is 0 Å². The lowest BCUT2D eigenvalue weighted by Crippen LogP contribution is -2.04. The van der Waals surface area contributed by atoms with Crippen molar-refractivity contribution in [1.82, 2.24) is 4.98 Å². The fourth-order valence-electron chi connectivity index (χ4n) is 1.58. The number of fused-ring (bicyclic) bond motifs is 1. The SMILES string of the molecule is COC(=O)c1[nH]c2cc(Cl)ccc2c1C=O. The van der Waals surface area contributed by atoms with Gasteiger partial charge in [0.15, 0.2) is 6.29 Å². The molecule has 0 saturated carbocycles. The smallest absolute Gasteiger partial charge is 0.355 e. The molecule has 0 aliphatic heterocycles. The van der Waals surface area contributed by atoms with Crippen molar-refractivity contribution in [3.8, 4) is 0 Å². The molecule has 1 aromatic heterocycles. The first-order chi connectivity index (χ1) is 7.67. The molecule has 4 nitrogen and oxygen atoms in total. The second-order valence-electron chi connectivity index (χ2n) is 3.21. The van der Waals surface area contributed by atoms with Crippen molar-refractivity contribution in [3.05, 3.63) is 34.5 Å². The first-order valence-electron chi connectivity index (χ1n) is 4.52. The lowest BCUT2D eigenvalue weighted by atomic mass is 10.1. The van der Waals surface area contributed by atoms with Crippen LogP contribution < -0.4 is 0 Å². The zero-order chi connectivity index (χ0) is 11.7. The van der Waals surface area contributed by atoms with Crippen LogP contribution in [-0.4, -0.2) is 24.3 Å². The minimum Gasteiger partial charge on any atom is -0.464 e. The maximum absolute atomic E-state index is 11.4. The molecule has 0 amide bonds. The summed E-state index contributed by atoms with van der Waals surface area (Å²) in [5.41, 5.74) is 1.07. The molecule has 16 heavy (non-hydrogen) atoms. The Kier molecular flexibility index (Phi) is 2.66. The standard InChI is InChI=1S/C11H8ClNO3/c1-16-11(15)10-8(5-14)7-3-2-6(12)4-9(7)13-10/h2-5,13H,1H3. The van der Waals surface area contributed by atoms with Crippen LogP contribution in [0.3, 0.4) is 0 Å². The summed E-state index contributed by atoms with van der Waals surface area (Å²) in [4.78, 5) is 25.2. The highest BCUT2D eigenvalue weighted by atomic mass is 35.5. The van der Waals surface area contributed by atoms with Gasteiger partial charge in [-0.05, 0) is 12.1 Å². The number of aldehydes is 1. The Morgan fingerprint density at radius 2 is 2.25 bits per heavy atom. The lowest BCUT2D eigenvalue weighted by Gasteiger charge is -1.95. The van der Waals surface area contributed by atoms with Crippen LogP contribution in [0.2, 0.25) is 5.02 Å². The topological polar surface area (TPSA) is 59.2 Å². The van der Waals surface area contributed by atoms with E-state index in [9.17, 15) is 9.59 Å². The third kappa shape index (κ3) is 1.57. The molecule has 0 aliphatic rings. The van der Waals surface area contributed by atoms with E-state index in [0.29, 0.717) is 27.8 Å². The quantitative estimate of drug-likeness (QED) is 0.645. The van der Waals surface area contributed by atoms with Gasteiger partial charge in [-0.1, -0.05) is 17.7 Å². The summed E-state index contributed by atoms with van der Waals surface area (Å²) >= 11 is 5.81. The molecule has 1 aromatic carbocycles. The van der Waals surface area contributed by atoms with Crippen molar-refractivity contribution in [2.24, 2.45) is 0 Å². The Balaban J connectivity index is 2.75. The Labute approximate surface area is 96.2 Å². The van der Waals surface area contributed by atoms with Crippen LogP contribution >= 0.6 is 11.6 Å². The van der Waals surface area contributed by atoms with E-state index in [4.69, 9.17) is 11.6 Å². The maximum atomic E-state index is 11.4. The van der Waals surface area contributed by atoms with Crippen LogP contribution in [0.1, 0.15) is 20.8 Å². The number of aromatic nitrogens is 1. The van der Waals surface area contributed by atoms with Crippen molar-refractivity contribution in [2.75, 3.05) is 7.11 Å². The van der Waals surface area contributed by atoms with Gasteiger partial charge in [-0.15, -0.1) is 0 Å². The molecule has 0 bridgehead atoms. The molecule has 0 saturated heterocycles. The predicted molar refractivity (Wildman–Crippen MR) is 60.0 cm³/mol. The molecule has 1 N–H and O–H groups in total. The fourth-order valence-corrected chi connectivity index (χ4v) is 1.75. The van der Waals surface area contributed by atoms with Crippen LogP contribution in [0.25, 0.3) is 10.9 Å². The molecule has 0 radical (unpaired) electrons. The Morgan fingerprint density at radius 1 is 1.50 bits per heavy atom. The number of ether oxygens (including phenoxy) is 1.